The van der Waals surface area contributed by atoms with Gasteiger partial charge in [-0.2, -0.15) is 4.98 Å². The molecule has 0 atom stereocenters. The van der Waals surface area contributed by atoms with Crippen molar-refractivity contribution >= 4 is 11.0 Å². The van der Waals surface area contributed by atoms with Crippen LogP contribution in [0.5, 0.6) is 0 Å². The highest BCUT2D eigenvalue weighted by atomic mass is 16.5. The second-order valence-corrected chi connectivity index (χ2v) is 7.08. The third-order valence-corrected chi connectivity index (χ3v) is 5.29. The van der Waals surface area contributed by atoms with Crippen molar-refractivity contribution in [1.29, 1.82) is 0 Å². The second kappa shape index (κ2) is 7.05. The fourth-order valence-corrected chi connectivity index (χ4v) is 3.90. The van der Waals surface area contributed by atoms with Crippen LogP contribution in [0.4, 0.5) is 0 Å². The molecule has 8 nitrogen and oxygen atoms in total. The molecule has 1 N–H and O–H groups in total. The lowest BCUT2D eigenvalue weighted by molar-refractivity contribution is 0.161. The van der Waals surface area contributed by atoms with Gasteiger partial charge in [0.1, 0.15) is 0 Å². The van der Waals surface area contributed by atoms with Crippen LogP contribution >= 0.6 is 0 Å². The number of hydrogen-bond acceptors (Lipinski definition) is 6. The Bertz CT molecular complexity index is 1140. The average molecular weight is 376 g/mol. The topological polar surface area (TPSA) is 92.8 Å². The molecule has 0 saturated carbocycles. The predicted octanol–water partition coefficient (Wildman–Crippen LogP) is 2.61. The summed E-state index contributed by atoms with van der Waals surface area (Å²) in [5.41, 5.74) is 2.68. The van der Waals surface area contributed by atoms with Crippen LogP contribution in [0.1, 0.15) is 24.8 Å². The van der Waals surface area contributed by atoms with Crippen LogP contribution in [0.25, 0.3) is 22.4 Å². The summed E-state index contributed by atoms with van der Waals surface area (Å²) in [5.74, 6) is 1.16. The summed E-state index contributed by atoms with van der Waals surface area (Å²) in [4.78, 5) is 26.2. The van der Waals surface area contributed by atoms with Crippen LogP contribution < -0.4 is 5.69 Å². The number of benzene rings is 1. The molecule has 8 heteroatoms. The second-order valence-electron chi connectivity index (χ2n) is 7.08. The van der Waals surface area contributed by atoms with Crippen LogP contribution in [-0.2, 0) is 6.54 Å². The van der Waals surface area contributed by atoms with Gasteiger partial charge < -0.3 is 9.51 Å². The third kappa shape index (κ3) is 3.11. The number of imidazole rings is 1. The maximum Gasteiger partial charge on any atom is 0.326 e. The van der Waals surface area contributed by atoms with E-state index in [2.05, 4.69) is 25.0 Å². The van der Waals surface area contributed by atoms with Crippen molar-refractivity contribution in [3.63, 3.8) is 0 Å². The normalized spacial score (nSPS) is 16.0. The first kappa shape index (κ1) is 16.9. The van der Waals surface area contributed by atoms with Gasteiger partial charge >= 0.3 is 5.69 Å². The van der Waals surface area contributed by atoms with Crippen molar-refractivity contribution in [3.8, 4) is 11.4 Å². The largest absolute Gasteiger partial charge is 0.338 e. The fourth-order valence-electron chi connectivity index (χ4n) is 3.90. The van der Waals surface area contributed by atoms with Gasteiger partial charge in [-0.3, -0.25) is 14.5 Å². The number of hydrogen-bond donors (Lipinski definition) is 1. The van der Waals surface area contributed by atoms with Gasteiger partial charge in [0.05, 0.1) is 17.6 Å². The molecule has 0 radical (unpaired) electrons. The lowest BCUT2D eigenvalue weighted by Gasteiger charge is -2.31. The lowest BCUT2D eigenvalue weighted by Crippen LogP contribution is -2.36. The fraction of sp³-hybridized carbons (Fsp3) is 0.300. The Morgan fingerprint density at radius 2 is 2.00 bits per heavy atom. The molecule has 4 heterocycles. The van der Waals surface area contributed by atoms with Gasteiger partial charge in [0, 0.05) is 37.1 Å². The Labute approximate surface area is 160 Å². The first-order valence-electron chi connectivity index (χ1n) is 9.42. The molecule has 0 amide bonds. The molecule has 1 aromatic carbocycles. The number of nitrogens with zero attached hydrogens (tertiary/aromatic N) is 5. The SMILES string of the molecule is O=c1[nH]c2ccccc2n1C1CCN(Cc2nc(-c3cccnc3)no2)CC1. The number of para-hydroxylation sites is 2. The number of H-pyrrole nitrogens is 1. The Balaban J connectivity index is 1.26. The van der Waals surface area contributed by atoms with Crippen molar-refractivity contribution in [3.05, 3.63) is 65.2 Å². The van der Waals surface area contributed by atoms with E-state index in [4.69, 9.17) is 4.52 Å². The number of aromatic nitrogens is 5. The van der Waals surface area contributed by atoms with Crippen molar-refractivity contribution in [2.75, 3.05) is 13.1 Å². The summed E-state index contributed by atoms with van der Waals surface area (Å²) in [6, 6.07) is 11.8. The summed E-state index contributed by atoms with van der Waals surface area (Å²) in [6.45, 7) is 2.37. The minimum Gasteiger partial charge on any atom is -0.338 e. The number of piperidine rings is 1. The summed E-state index contributed by atoms with van der Waals surface area (Å²) in [6.07, 6.45) is 5.25. The summed E-state index contributed by atoms with van der Waals surface area (Å²) < 4.78 is 7.31. The third-order valence-electron chi connectivity index (χ3n) is 5.29. The minimum atomic E-state index is -0.0299. The van der Waals surface area contributed by atoms with E-state index < -0.39 is 0 Å². The highest BCUT2D eigenvalue weighted by Crippen LogP contribution is 2.25. The standard InChI is InChI=1S/C20H20N6O2/c27-20-22-16-5-1-2-6-17(16)26(20)15-7-10-25(11-8-15)13-18-23-19(24-28-18)14-4-3-9-21-12-14/h1-6,9,12,15H,7-8,10-11,13H2,(H,22,27). The molecule has 3 aromatic heterocycles. The highest BCUT2D eigenvalue weighted by Gasteiger charge is 2.24. The number of fused-ring (bicyclic) bond motifs is 1. The van der Waals surface area contributed by atoms with Crippen LogP contribution in [0.15, 0.2) is 58.1 Å². The van der Waals surface area contributed by atoms with Crippen LogP contribution in [-0.4, -0.2) is 42.7 Å². The van der Waals surface area contributed by atoms with Gasteiger partial charge in [-0.05, 0) is 37.1 Å². The Morgan fingerprint density at radius 3 is 2.82 bits per heavy atom. The Kier molecular flexibility index (Phi) is 4.25. The molecular formula is C20H20N6O2. The van der Waals surface area contributed by atoms with Crippen LogP contribution in [0, 0.1) is 0 Å². The first-order valence-corrected chi connectivity index (χ1v) is 9.42. The van der Waals surface area contributed by atoms with Crippen LogP contribution in [0.2, 0.25) is 0 Å². The van der Waals surface area contributed by atoms with E-state index >= 15 is 0 Å². The number of likely N-dealkylation sites (tertiary alicyclic amines) is 1. The predicted molar refractivity (Wildman–Crippen MR) is 104 cm³/mol. The van der Waals surface area contributed by atoms with Gasteiger partial charge in [-0.1, -0.05) is 17.3 Å². The molecule has 142 valence electrons. The molecule has 1 fully saturated rings. The molecule has 0 bridgehead atoms. The minimum absolute atomic E-state index is 0.0299. The zero-order chi connectivity index (χ0) is 18.9. The summed E-state index contributed by atoms with van der Waals surface area (Å²) >= 11 is 0. The highest BCUT2D eigenvalue weighted by molar-refractivity contribution is 5.75. The van der Waals surface area contributed by atoms with Gasteiger partial charge in [-0.25, -0.2) is 4.79 Å². The van der Waals surface area contributed by atoms with Gasteiger partial charge in [0.2, 0.25) is 11.7 Å². The number of rotatable bonds is 4. The molecule has 4 aromatic rings. The zero-order valence-electron chi connectivity index (χ0n) is 15.3. The van der Waals surface area contributed by atoms with Crippen molar-refractivity contribution in [2.24, 2.45) is 0 Å². The van der Waals surface area contributed by atoms with E-state index in [1.165, 1.54) is 0 Å². The molecule has 1 saturated heterocycles. The van der Waals surface area contributed by atoms with E-state index in [-0.39, 0.29) is 11.7 Å². The number of aromatic amines is 1. The molecule has 0 aliphatic carbocycles. The quantitative estimate of drug-likeness (QED) is 0.589. The Hall–Kier alpha value is -3.26. The summed E-state index contributed by atoms with van der Waals surface area (Å²) in [5, 5.41) is 4.05. The first-order chi connectivity index (χ1) is 13.8. The number of nitrogens with one attached hydrogen (secondary N) is 1. The van der Waals surface area contributed by atoms with Crippen molar-refractivity contribution in [2.45, 2.75) is 25.4 Å². The maximum absolute atomic E-state index is 12.4. The molecule has 28 heavy (non-hydrogen) atoms. The molecular weight excluding hydrogens is 356 g/mol. The molecule has 0 unspecified atom stereocenters. The van der Waals surface area contributed by atoms with Gasteiger partial charge in [0.25, 0.3) is 0 Å². The average Bonchev–Trinajstić information content (AvgIpc) is 3.33. The zero-order valence-corrected chi connectivity index (χ0v) is 15.3. The monoisotopic (exact) mass is 376 g/mol. The molecule has 1 aliphatic rings. The molecule has 0 spiro atoms. The smallest absolute Gasteiger partial charge is 0.326 e. The van der Waals surface area contributed by atoms with E-state index in [1.807, 2.05) is 41.0 Å². The van der Waals surface area contributed by atoms with E-state index in [0.29, 0.717) is 18.3 Å². The molecule has 1 aliphatic heterocycles. The van der Waals surface area contributed by atoms with E-state index in [0.717, 1.165) is 42.5 Å². The molecule has 5 rings (SSSR count). The maximum atomic E-state index is 12.4. The van der Waals surface area contributed by atoms with Gasteiger partial charge in [0.15, 0.2) is 0 Å². The van der Waals surface area contributed by atoms with Crippen LogP contribution in [0.3, 0.4) is 0 Å². The Morgan fingerprint density at radius 1 is 1.14 bits per heavy atom. The number of pyridine rings is 1. The van der Waals surface area contributed by atoms with Crippen molar-refractivity contribution in [1.82, 2.24) is 29.6 Å². The van der Waals surface area contributed by atoms with E-state index in [9.17, 15) is 4.79 Å². The van der Waals surface area contributed by atoms with Gasteiger partial charge in [-0.15, -0.1) is 0 Å². The lowest BCUT2D eigenvalue weighted by atomic mass is 10.0. The van der Waals surface area contributed by atoms with E-state index in [1.54, 1.807) is 12.4 Å². The van der Waals surface area contributed by atoms with Crippen molar-refractivity contribution < 1.29 is 4.52 Å². The summed E-state index contributed by atoms with van der Waals surface area (Å²) in [7, 11) is 0.